The van der Waals surface area contributed by atoms with Gasteiger partial charge in [0.1, 0.15) is 6.61 Å². The van der Waals surface area contributed by atoms with Gasteiger partial charge in [-0.1, -0.05) is 229 Å². The Bertz CT molecular complexity index is 1110. The van der Waals surface area contributed by atoms with Crippen molar-refractivity contribution in [3.8, 4) is 0 Å². The quantitative estimate of drug-likeness (QED) is 0.0346. The van der Waals surface area contributed by atoms with Crippen molar-refractivity contribution in [3.05, 3.63) is 72.9 Å². The number of hydrogen-bond acceptors (Lipinski definition) is 5. The maximum Gasteiger partial charge on any atom is 0.306 e. The third-order valence-corrected chi connectivity index (χ3v) is 11.2. The first-order valence-electron chi connectivity index (χ1n) is 26.5. The molecule has 0 saturated heterocycles. The van der Waals surface area contributed by atoms with Gasteiger partial charge in [-0.3, -0.25) is 9.59 Å². The molecule has 62 heavy (non-hydrogen) atoms. The summed E-state index contributed by atoms with van der Waals surface area (Å²) in [7, 11) is 0. The van der Waals surface area contributed by atoms with Crippen LogP contribution in [-0.2, 0) is 23.8 Å². The molecule has 1 atom stereocenters. The zero-order valence-corrected chi connectivity index (χ0v) is 41.1. The van der Waals surface area contributed by atoms with Crippen molar-refractivity contribution in [2.75, 3.05) is 19.8 Å². The zero-order chi connectivity index (χ0) is 44.9. The van der Waals surface area contributed by atoms with Crippen molar-refractivity contribution in [2.24, 2.45) is 0 Å². The highest BCUT2D eigenvalue weighted by Crippen LogP contribution is 2.15. The Morgan fingerprint density at radius 1 is 0.371 bits per heavy atom. The van der Waals surface area contributed by atoms with Crippen LogP contribution in [0.15, 0.2) is 72.9 Å². The maximum atomic E-state index is 12.8. The van der Waals surface area contributed by atoms with E-state index in [4.69, 9.17) is 14.2 Å². The van der Waals surface area contributed by atoms with E-state index >= 15 is 0 Å². The van der Waals surface area contributed by atoms with Crippen molar-refractivity contribution >= 4 is 11.9 Å². The molecule has 0 spiro atoms. The molecule has 0 amide bonds. The molecule has 5 heteroatoms. The highest BCUT2D eigenvalue weighted by atomic mass is 16.6. The monoisotopic (exact) mass is 865 g/mol. The standard InChI is InChI=1S/C57H100O5/c1-4-7-10-13-16-19-22-25-27-28-29-31-34-37-40-43-46-49-52-60-53-55(62-57(59)51-48-45-42-39-36-32-24-21-18-15-12-9-6-3)54-61-56(58)50-47-44-41-38-35-33-30-26-23-20-17-14-11-8-5-2/h8,11-12,15,17,20-21,24,26,30,35,38,55H,4-7,9-10,13-14,16,18-19,22-23,25,27-29,31-34,36-37,39-54H2,1-3H3/b11-8-,15-12-,20-17-,24-21-,30-26-,38-35-. The van der Waals surface area contributed by atoms with Crippen LogP contribution in [0.3, 0.4) is 0 Å². The van der Waals surface area contributed by atoms with Crippen molar-refractivity contribution in [2.45, 2.75) is 258 Å². The fraction of sp³-hybridized carbons (Fsp3) is 0.754. The third kappa shape index (κ3) is 50.0. The normalized spacial score (nSPS) is 12.8. The molecule has 5 nitrogen and oxygen atoms in total. The van der Waals surface area contributed by atoms with Gasteiger partial charge in [0.05, 0.1) is 6.61 Å². The second-order valence-electron chi connectivity index (χ2n) is 17.4. The number of rotatable bonds is 48. The molecule has 0 aromatic heterocycles. The molecule has 0 aliphatic carbocycles. The van der Waals surface area contributed by atoms with Crippen LogP contribution in [0.25, 0.3) is 0 Å². The van der Waals surface area contributed by atoms with E-state index in [1.807, 2.05) is 0 Å². The minimum Gasteiger partial charge on any atom is -0.462 e. The molecule has 0 rings (SSSR count). The van der Waals surface area contributed by atoms with Gasteiger partial charge in [-0.15, -0.1) is 0 Å². The van der Waals surface area contributed by atoms with Gasteiger partial charge in [-0.25, -0.2) is 0 Å². The van der Waals surface area contributed by atoms with Crippen LogP contribution >= 0.6 is 0 Å². The first-order valence-corrected chi connectivity index (χ1v) is 26.5. The molecule has 0 aromatic carbocycles. The van der Waals surface area contributed by atoms with Crippen LogP contribution < -0.4 is 0 Å². The summed E-state index contributed by atoms with van der Waals surface area (Å²) < 4.78 is 17.4. The first kappa shape index (κ1) is 59.3. The summed E-state index contributed by atoms with van der Waals surface area (Å²) in [6, 6.07) is 0. The second-order valence-corrected chi connectivity index (χ2v) is 17.4. The Hall–Kier alpha value is -2.66. The summed E-state index contributed by atoms with van der Waals surface area (Å²) >= 11 is 0. The predicted molar refractivity (Wildman–Crippen MR) is 270 cm³/mol. The van der Waals surface area contributed by atoms with Gasteiger partial charge in [0, 0.05) is 19.4 Å². The number of carbonyl (C=O) groups is 2. The summed E-state index contributed by atoms with van der Waals surface area (Å²) in [5.74, 6) is -0.456. The Kier molecular flexibility index (Phi) is 50.4. The summed E-state index contributed by atoms with van der Waals surface area (Å²) in [5.41, 5.74) is 0. The van der Waals surface area contributed by atoms with Crippen molar-refractivity contribution in [1.29, 1.82) is 0 Å². The van der Waals surface area contributed by atoms with Crippen LogP contribution in [0.4, 0.5) is 0 Å². The minimum absolute atomic E-state index is 0.0580. The van der Waals surface area contributed by atoms with E-state index in [1.165, 1.54) is 122 Å². The van der Waals surface area contributed by atoms with E-state index in [-0.39, 0.29) is 25.2 Å². The SMILES string of the molecule is CC/C=C\C/C=C\C/C=C\C/C=C\CCCCC(=O)OCC(COCCCCCCCCCCCCCCCCCCCC)OC(=O)CCCCCCC/C=C\C/C=C\CCC. The van der Waals surface area contributed by atoms with Crippen LogP contribution in [0.5, 0.6) is 0 Å². The van der Waals surface area contributed by atoms with Crippen molar-refractivity contribution in [1.82, 2.24) is 0 Å². The lowest BCUT2D eigenvalue weighted by Crippen LogP contribution is -2.30. The average molecular weight is 865 g/mol. The molecular weight excluding hydrogens is 765 g/mol. The minimum atomic E-state index is -0.560. The molecule has 1 unspecified atom stereocenters. The largest absolute Gasteiger partial charge is 0.462 e. The number of allylic oxidation sites excluding steroid dienone is 12. The fourth-order valence-electron chi connectivity index (χ4n) is 7.30. The highest BCUT2D eigenvalue weighted by molar-refractivity contribution is 5.70. The molecule has 0 saturated carbocycles. The van der Waals surface area contributed by atoms with Gasteiger partial charge in [-0.05, 0) is 83.5 Å². The Morgan fingerprint density at radius 3 is 1.26 bits per heavy atom. The maximum absolute atomic E-state index is 12.8. The van der Waals surface area contributed by atoms with Gasteiger partial charge in [0.2, 0.25) is 0 Å². The van der Waals surface area contributed by atoms with E-state index in [2.05, 4.69) is 93.7 Å². The number of ether oxygens (including phenoxy) is 3. The molecule has 358 valence electrons. The third-order valence-electron chi connectivity index (χ3n) is 11.2. The zero-order valence-electron chi connectivity index (χ0n) is 41.1. The van der Waals surface area contributed by atoms with Gasteiger partial charge in [0.15, 0.2) is 6.10 Å². The van der Waals surface area contributed by atoms with E-state index in [0.29, 0.717) is 19.4 Å². The summed E-state index contributed by atoms with van der Waals surface area (Å²) in [6.45, 7) is 7.62. The van der Waals surface area contributed by atoms with Crippen molar-refractivity contribution in [3.63, 3.8) is 0 Å². The van der Waals surface area contributed by atoms with Crippen molar-refractivity contribution < 1.29 is 23.8 Å². The van der Waals surface area contributed by atoms with Crippen LogP contribution in [0, 0.1) is 0 Å². The van der Waals surface area contributed by atoms with E-state index in [0.717, 1.165) is 96.3 Å². The molecular formula is C57H100O5. The first-order chi connectivity index (χ1) is 30.6. The molecule has 0 aliphatic rings. The van der Waals surface area contributed by atoms with E-state index in [9.17, 15) is 9.59 Å². The number of hydrogen-bond donors (Lipinski definition) is 0. The Labute approximate surface area is 385 Å². The van der Waals surface area contributed by atoms with Gasteiger partial charge in [-0.2, -0.15) is 0 Å². The molecule has 0 heterocycles. The summed E-state index contributed by atoms with van der Waals surface area (Å²) in [6.07, 6.45) is 67.8. The van der Waals surface area contributed by atoms with Crippen LogP contribution in [0.2, 0.25) is 0 Å². The lowest BCUT2D eigenvalue weighted by molar-refractivity contribution is -0.163. The number of carbonyl (C=O) groups excluding carboxylic acids is 2. The predicted octanol–water partition coefficient (Wildman–Crippen LogP) is 17.9. The highest BCUT2D eigenvalue weighted by Gasteiger charge is 2.17. The van der Waals surface area contributed by atoms with Gasteiger partial charge < -0.3 is 14.2 Å². The van der Waals surface area contributed by atoms with E-state index < -0.39 is 6.10 Å². The molecule has 0 fully saturated rings. The smallest absolute Gasteiger partial charge is 0.306 e. The number of unbranched alkanes of at least 4 members (excludes halogenated alkanes) is 25. The molecule has 0 aliphatic heterocycles. The topological polar surface area (TPSA) is 61.8 Å². The molecule has 0 radical (unpaired) electrons. The fourth-order valence-corrected chi connectivity index (χ4v) is 7.30. The molecule has 0 bridgehead atoms. The molecule has 0 aromatic rings. The number of esters is 2. The van der Waals surface area contributed by atoms with Crippen LogP contribution in [0.1, 0.15) is 252 Å². The Morgan fingerprint density at radius 2 is 0.758 bits per heavy atom. The average Bonchev–Trinajstić information content (AvgIpc) is 3.27. The van der Waals surface area contributed by atoms with Gasteiger partial charge >= 0.3 is 11.9 Å². The Balaban J connectivity index is 4.30. The molecule has 0 N–H and O–H groups in total. The lowest BCUT2D eigenvalue weighted by atomic mass is 10.0. The van der Waals surface area contributed by atoms with Crippen LogP contribution in [-0.4, -0.2) is 37.9 Å². The summed E-state index contributed by atoms with van der Waals surface area (Å²) in [4.78, 5) is 25.4. The summed E-state index contributed by atoms with van der Waals surface area (Å²) in [5, 5.41) is 0. The van der Waals surface area contributed by atoms with Gasteiger partial charge in [0.25, 0.3) is 0 Å². The van der Waals surface area contributed by atoms with E-state index in [1.54, 1.807) is 0 Å². The second kappa shape index (κ2) is 52.7. The lowest BCUT2D eigenvalue weighted by Gasteiger charge is -2.18.